The van der Waals surface area contributed by atoms with Crippen molar-refractivity contribution in [2.75, 3.05) is 0 Å². The molecule has 0 saturated heterocycles. The third kappa shape index (κ3) is 8.43. The normalized spacial score (nSPS) is 10.6. The Morgan fingerprint density at radius 1 is 0.480 bits per heavy atom. The fourth-order valence-electron chi connectivity index (χ4n) is 6.84. The van der Waals surface area contributed by atoms with E-state index in [0.717, 1.165) is 22.4 Å². The predicted molar refractivity (Wildman–Crippen MR) is 222 cm³/mol. The third-order valence-electron chi connectivity index (χ3n) is 9.30. The monoisotopic (exact) mass is 784 g/mol. The Morgan fingerprint density at radius 3 is 1.18 bits per heavy atom. The molecule has 0 spiro atoms. The predicted octanol–water partition coefficient (Wildman–Crippen LogP) is 14.7. The summed E-state index contributed by atoms with van der Waals surface area (Å²) in [5, 5.41) is 10.8. The molecule has 8 aromatic rings. The van der Waals surface area contributed by atoms with Crippen LogP contribution in [0.5, 0.6) is 0 Å². The Morgan fingerprint density at radius 2 is 0.820 bits per heavy atom. The van der Waals surface area contributed by atoms with Gasteiger partial charge in [-0.05, 0) is 70.5 Å². The van der Waals surface area contributed by atoms with Gasteiger partial charge in [0.25, 0.3) is 0 Å². The molecular formula is C46H44Cl2SiZr. The van der Waals surface area contributed by atoms with E-state index in [9.17, 15) is 0 Å². The van der Waals surface area contributed by atoms with Crippen molar-refractivity contribution in [3.05, 3.63) is 156 Å². The number of benzene rings is 6. The molecule has 0 aromatic heterocycles. The maximum atomic E-state index is 4.93. The molecule has 0 aliphatic heterocycles. The van der Waals surface area contributed by atoms with Gasteiger partial charge in [0.05, 0.1) is 0 Å². The summed E-state index contributed by atoms with van der Waals surface area (Å²) in [4.78, 5) is 0. The van der Waals surface area contributed by atoms with E-state index in [4.69, 9.17) is 17.0 Å². The van der Waals surface area contributed by atoms with E-state index in [1.165, 1.54) is 87.6 Å². The number of rotatable bonds is 4. The third-order valence-corrected chi connectivity index (χ3v) is 9.30. The van der Waals surface area contributed by atoms with Gasteiger partial charge in [-0.15, -0.1) is 69.1 Å². The quantitative estimate of drug-likeness (QED) is 0.123. The van der Waals surface area contributed by atoms with Crippen molar-refractivity contribution in [2.45, 2.75) is 53.6 Å². The average molecular weight is 787 g/mol. The van der Waals surface area contributed by atoms with Crippen LogP contribution in [0.15, 0.2) is 133 Å². The van der Waals surface area contributed by atoms with Crippen molar-refractivity contribution in [1.29, 1.82) is 0 Å². The molecule has 0 bridgehead atoms. The first-order chi connectivity index (χ1) is 24.4. The van der Waals surface area contributed by atoms with Gasteiger partial charge >= 0.3 is 37.9 Å². The van der Waals surface area contributed by atoms with Gasteiger partial charge in [0.15, 0.2) is 0 Å². The van der Waals surface area contributed by atoms with Gasteiger partial charge in [-0.2, -0.15) is 12.1 Å². The van der Waals surface area contributed by atoms with Crippen molar-refractivity contribution >= 4 is 69.6 Å². The van der Waals surface area contributed by atoms with Crippen molar-refractivity contribution in [3.63, 3.8) is 0 Å². The van der Waals surface area contributed by atoms with Crippen LogP contribution in [0.3, 0.4) is 0 Å². The molecule has 4 heteroatoms. The minimum atomic E-state index is -0.826. The zero-order valence-corrected chi connectivity index (χ0v) is 34.8. The summed E-state index contributed by atoms with van der Waals surface area (Å²) in [6.07, 6.45) is 2.17. The molecule has 8 rings (SSSR count). The zero-order chi connectivity index (χ0) is 35.6. The average Bonchev–Trinajstić information content (AvgIpc) is 3.78. The molecule has 0 unspecified atom stereocenters. The van der Waals surface area contributed by atoms with E-state index in [-0.39, 0.29) is 0 Å². The van der Waals surface area contributed by atoms with Crippen LogP contribution in [0.1, 0.15) is 36.1 Å². The molecule has 0 N–H and O–H groups in total. The van der Waals surface area contributed by atoms with Crippen LogP contribution in [0, 0.1) is 13.8 Å². The number of fused-ring (bicyclic) bond motifs is 4. The molecule has 250 valence electrons. The second kappa shape index (κ2) is 18.3. The van der Waals surface area contributed by atoms with Gasteiger partial charge in [0.1, 0.15) is 0 Å². The number of aryl methyl sites for hydroxylation is 4. The van der Waals surface area contributed by atoms with Crippen molar-refractivity contribution in [2.24, 2.45) is 0 Å². The van der Waals surface area contributed by atoms with Gasteiger partial charge in [0.2, 0.25) is 0 Å². The summed E-state index contributed by atoms with van der Waals surface area (Å²) in [6.45, 7) is 13.1. The Bertz CT molecular complexity index is 2160. The molecule has 8 aromatic carbocycles. The summed E-state index contributed by atoms with van der Waals surface area (Å²) < 4.78 is 0. The molecule has 50 heavy (non-hydrogen) atoms. The first kappa shape index (κ1) is 38.0. The van der Waals surface area contributed by atoms with Crippen LogP contribution in [0.4, 0.5) is 0 Å². The second-order valence-corrected chi connectivity index (χ2v) is 17.3. The van der Waals surface area contributed by atoms with E-state index >= 15 is 0 Å². The molecule has 0 aliphatic carbocycles. The second-order valence-electron chi connectivity index (χ2n) is 12.6. The summed E-state index contributed by atoms with van der Waals surface area (Å²) in [5.74, 6) is 0. The van der Waals surface area contributed by atoms with Crippen LogP contribution in [-0.4, -0.2) is 9.52 Å². The Hall–Kier alpha value is -3.26. The van der Waals surface area contributed by atoms with E-state index in [2.05, 4.69) is 174 Å². The number of hydrogen-bond donors (Lipinski definition) is 0. The Labute approximate surface area is 319 Å². The van der Waals surface area contributed by atoms with Crippen LogP contribution in [-0.2, 0) is 33.7 Å². The SMILES string of the molecule is CCc1cc2c(-c3ccc(C)c4ccccc34)cccc2[cH-]1.CCc1cc2c(-c3ccc(C)c4ccccc34)cccc2[cH-]1.C[Si]C.[Cl][Zr+2][Cl]. The zero-order valence-electron chi connectivity index (χ0n) is 29.9. The molecule has 0 nitrogen and oxygen atoms in total. The summed E-state index contributed by atoms with van der Waals surface area (Å²) in [6, 6.07) is 49.0. The van der Waals surface area contributed by atoms with E-state index in [1.807, 2.05) is 0 Å². The molecule has 0 fully saturated rings. The maximum absolute atomic E-state index is 4.93. The fourth-order valence-corrected chi connectivity index (χ4v) is 6.84. The molecule has 0 amide bonds. The first-order valence-corrected chi connectivity index (χ1v) is 25.6. The van der Waals surface area contributed by atoms with Crippen LogP contribution >= 0.6 is 17.0 Å². The van der Waals surface area contributed by atoms with Gasteiger partial charge in [-0.3, -0.25) is 0 Å². The summed E-state index contributed by atoms with van der Waals surface area (Å²) in [7, 11) is 11.0. The molecular weight excluding hydrogens is 743 g/mol. The number of hydrogen-bond acceptors (Lipinski definition) is 0. The van der Waals surface area contributed by atoms with Gasteiger partial charge in [0, 0.05) is 9.52 Å². The Balaban J connectivity index is 0.000000168. The van der Waals surface area contributed by atoms with Crippen LogP contribution in [0.2, 0.25) is 13.1 Å². The first-order valence-electron chi connectivity index (χ1n) is 17.3. The van der Waals surface area contributed by atoms with E-state index < -0.39 is 20.8 Å². The molecule has 2 radical (unpaired) electrons. The van der Waals surface area contributed by atoms with Crippen molar-refractivity contribution in [3.8, 4) is 22.3 Å². The van der Waals surface area contributed by atoms with Gasteiger partial charge in [-0.25, -0.2) is 0 Å². The number of halogens is 2. The topological polar surface area (TPSA) is 0 Å². The summed E-state index contributed by atoms with van der Waals surface area (Å²) in [5.41, 5.74) is 10.9. The minimum absolute atomic E-state index is 0.826. The Kier molecular flexibility index (Phi) is 13.9. The van der Waals surface area contributed by atoms with Crippen molar-refractivity contribution < 1.29 is 20.8 Å². The molecule has 0 heterocycles. The standard InChI is InChI=1S/2C22H19.C2H6Si.2ClH.Zr/c2*1-3-16-13-17-7-6-10-20(22(17)14-16)21-12-11-15(2)18-8-4-5-9-19(18)21;1-3-2;;;/h2*4-14H,3H2,1-2H3;1-2H3;2*1H;/q2*-1;;;;+4/p-2. The van der Waals surface area contributed by atoms with Gasteiger partial charge < -0.3 is 0 Å². The molecule has 0 atom stereocenters. The molecule has 0 aliphatic rings. The van der Waals surface area contributed by atoms with E-state index in [1.54, 1.807) is 0 Å². The van der Waals surface area contributed by atoms with Gasteiger partial charge in [-0.1, -0.05) is 123 Å². The molecule has 0 saturated carbocycles. The van der Waals surface area contributed by atoms with Crippen LogP contribution in [0.25, 0.3) is 65.3 Å². The van der Waals surface area contributed by atoms with Crippen molar-refractivity contribution in [1.82, 2.24) is 0 Å². The summed E-state index contributed by atoms with van der Waals surface area (Å²) >= 11 is -0.826. The fraction of sp³-hybridized carbons (Fsp3) is 0.174. The van der Waals surface area contributed by atoms with E-state index in [0.29, 0.717) is 0 Å². The van der Waals surface area contributed by atoms with Crippen LogP contribution < -0.4 is 0 Å².